The van der Waals surface area contributed by atoms with Gasteiger partial charge in [-0.25, -0.2) is 0 Å². The Kier molecular flexibility index (Phi) is 5.88. The zero-order valence-corrected chi connectivity index (χ0v) is 22.1. The average Bonchev–Trinajstić information content (AvgIpc) is 3.27. The first-order valence-corrected chi connectivity index (χ1v) is 13.8. The van der Waals surface area contributed by atoms with Crippen LogP contribution >= 0.6 is 0 Å². The molecule has 4 aromatic heterocycles. The van der Waals surface area contributed by atoms with E-state index in [1.54, 1.807) is 0 Å². The van der Waals surface area contributed by atoms with E-state index in [4.69, 9.17) is 19.7 Å². The summed E-state index contributed by atoms with van der Waals surface area (Å²) < 4.78 is 8.79. The number of hydrogen-bond acceptors (Lipinski definition) is 4. The van der Waals surface area contributed by atoms with Gasteiger partial charge in [0.25, 0.3) is 0 Å². The predicted octanol–water partition coefficient (Wildman–Crippen LogP) is 7.79. The molecule has 4 nitrogen and oxygen atoms in total. The number of ether oxygens (including phenoxy) is 1. The number of pyridine rings is 3. The van der Waals surface area contributed by atoms with Gasteiger partial charge in [-0.1, -0.05) is 6.07 Å². The summed E-state index contributed by atoms with van der Waals surface area (Å²) in [5.41, 5.74) is 6.25. The molecule has 0 unspecified atom stereocenters. The fourth-order valence-corrected chi connectivity index (χ4v) is 6.98. The van der Waals surface area contributed by atoms with E-state index < -0.39 is 0 Å². The van der Waals surface area contributed by atoms with Gasteiger partial charge >= 0.3 is 211 Å². The number of aryl methyl sites for hydroxylation is 1. The molecule has 5 heteroatoms. The standard InChI is InChI=1S/C31H25N3OSe/c1-19(2)22-17-27(25-12-7-11-23-24-16-15-20(3)32-31(24)36-30(23)25)34-29(18-22)35-28-14-8-13-26(33-28)21-9-5-4-6-10-21/h4-19H,1-3H3. The maximum absolute atomic E-state index is 6.26. The van der Waals surface area contributed by atoms with E-state index in [2.05, 4.69) is 57.2 Å². The third-order valence-corrected chi connectivity index (χ3v) is 8.68. The van der Waals surface area contributed by atoms with Crippen molar-refractivity contribution in [2.45, 2.75) is 26.7 Å². The van der Waals surface area contributed by atoms with E-state index >= 15 is 0 Å². The molecule has 2 aromatic carbocycles. The molecule has 6 aromatic rings. The van der Waals surface area contributed by atoms with Crippen LogP contribution in [-0.4, -0.2) is 29.5 Å². The van der Waals surface area contributed by atoms with E-state index in [9.17, 15) is 0 Å². The Balaban J connectivity index is 1.45. The first-order valence-electron chi connectivity index (χ1n) is 12.1. The molecule has 0 aliphatic carbocycles. The minimum atomic E-state index is 0.134. The Bertz CT molecular complexity index is 1710. The van der Waals surface area contributed by atoms with Crippen LogP contribution in [0.25, 0.3) is 41.9 Å². The maximum atomic E-state index is 6.26. The summed E-state index contributed by atoms with van der Waals surface area (Å²) in [5, 5.41) is 2.52. The van der Waals surface area contributed by atoms with Gasteiger partial charge in [-0.2, -0.15) is 0 Å². The molecule has 0 fully saturated rings. The Morgan fingerprint density at radius 2 is 1.50 bits per heavy atom. The van der Waals surface area contributed by atoms with Crippen LogP contribution in [0.1, 0.15) is 31.0 Å². The second-order valence-electron chi connectivity index (χ2n) is 9.20. The fourth-order valence-electron chi connectivity index (χ4n) is 4.37. The molecule has 0 bridgehead atoms. The quantitative estimate of drug-likeness (QED) is 0.212. The third-order valence-electron chi connectivity index (χ3n) is 6.27. The van der Waals surface area contributed by atoms with Crippen molar-refractivity contribution in [1.29, 1.82) is 0 Å². The molecule has 0 spiro atoms. The van der Waals surface area contributed by atoms with Crippen molar-refractivity contribution in [3.05, 3.63) is 102 Å². The number of aromatic nitrogens is 3. The zero-order chi connectivity index (χ0) is 24.6. The molecule has 0 aliphatic rings. The monoisotopic (exact) mass is 535 g/mol. The number of rotatable bonds is 5. The Labute approximate surface area is 216 Å². The van der Waals surface area contributed by atoms with Crippen molar-refractivity contribution >= 4 is 33.9 Å². The Morgan fingerprint density at radius 3 is 2.33 bits per heavy atom. The second kappa shape index (κ2) is 9.34. The van der Waals surface area contributed by atoms with E-state index in [-0.39, 0.29) is 14.5 Å². The molecule has 0 aliphatic heterocycles. The van der Waals surface area contributed by atoms with Crippen LogP contribution in [-0.2, 0) is 0 Å². The number of benzene rings is 2. The van der Waals surface area contributed by atoms with Crippen molar-refractivity contribution in [3.63, 3.8) is 0 Å². The van der Waals surface area contributed by atoms with Crippen LogP contribution in [0, 0.1) is 6.92 Å². The van der Waals surface area contributed by atoms with Crippen LogP contribution in [0.15, 0.2) is 91.0 Å². The molecule has 0 saturated heterocycles. The van der Waals surface area contributed by atoms with Gasteiger partial charge in [-0.05, 0) is 0 Å². The van der Waals surface area contributed by atoms with Gasteiger partial charge in [-0.3, -0.25) is 0 Å². The number of hydrogen-bond donors (Lipinski definition) is 0. The third kappa shape index (κ3) is 4.32. The van der Waals surface area contributed by atoms with Crippen molar-refractivity contribution in [3.8, 4) is 34.3 Å². The van der Waals surface area contributed by atoms with Gasteiger partial charge in [0.15, 0.2) is 0 Å². The van der Waals surface area contributed by atoms with Gasteiger partial charge in [-0.15, -0.1) is 0 Å². The summed E-state index contributed by atoms with van der Waals surface area (Å²) in [6.45, 7) is 6.44. The van der Waals surface area contributed by atoms with Crippen LogP contribution in [0.4, 0.5) is 0 Å². The van der Waals surface area contributed by atoms with E-state index in [0.717, 1.165) is 28.2 Å². The molecule has 6 rings (SSSR count). The Morgan fingerprint density at radius 1 is 0.694 bits per heavy atom. The average molecular weight is 535 g/mol. The van der Waals surface area contributed by atoms with Crippen LogP contribution in [0.2, 0.25) is 0 Å². The number of fused-ring (bicyclic) bond motifs is 3. The number of nitrogens with zero attached hydrogens (tertiary/aromatic N) is 3. The minimum absolute atomic E-state index is 0.134. The molecular weight excluding hydrogens is 509 g/mol. The molecule has 0 saturated carbocycles. The fraction of sp³-hybridized carbons (Fsp3) is 0.129. The van der Waals surface area contributed by atoms with Gasteiger partial charge in [0, 0.05) is 0 Å². The summed E-state index contributed by atoms with van der Waals surface area (Å²) in [7, 11) is 0. The molecule has 0 amide bonds. The summed E-state index contributed by atoms with van der Waals surface area (Å²) in [6.07, 6.45) is 0. The van der Waals surface area contributed by atoms with Gasteiger partial charge in [0.2, 0.25) is 0 Å². The van der Waals surface area contributed by atoms with Gasteiger partial charge < -0.3 is 0 Å². The first kappa shape index (κ1) is 22.7. The van der Waals surface area contributed by atoms with E-state index in [1.165, 1.54) is 25.0 Å². The van der Waals surface area contributed by atoms with Crippen molar-refractivity contribution in [1.82, 2.24) is 15.0 Å². The van der Waals surface area contributed by atoms with Gasteiger partial charge in [0.05, 0.1) is 0 Å². The summed E-state index contributed by atoms with van der Waals surface area (Å²) >= 11 is 0.134. The molecule has 0 radical (unpaired) electrons. The molecule has 0 atom stereocenters. The Hall–Kier alpha value is -3.79. The summed E-state index contributed by atoms with van der Waals surface area (Å²) in [4.78, 5) is 14.5. The summed E-state index contributed by atoms with van der Waals surface area (Å²) in [6, 6.07) is 31.0. The van der Waals surface area contributed by atoms with E-state index in [1.807, 2.05) is 54.6 Å². The molecular formula is C31H25N3OSe. The normalized spacial score (nSPS) is 11.4. The molecule has 0 N–H and O–H groups in total. The van der Waals surface area contributed by atoms with Gasteiger partial charge in [0.1, 0.15) is 0 Å². The van der Waals surface area contributed by atoms with Crippen molar-refractivity contribution in [2.24, 2.45) is 0 Å². The van der Waals surface area contributed by atoms with E-state index in [0.29, 0.717) is 17.7 Å². The summed E-state index contributed by atoms with van der Waals surface area (Å²) in [5.74, 6) is 1.43. The van der Waals surface area contributed by atoms with Crippen molar-refractivity contribution in [2.75, 3.05) is 0 Å². The van der Waals surface area contributed by atoms with Crippen LogP contribution < -0.4 is 4.74 Å². The van der Waals surface area contributed by atoms with Crippen molar-refractivity contribution < 1.29 is 4.74 Å². The van der Waals surface area contributed by atoms with Crippen LogP contribution in [0.5, 0.6) is 11.8 Å². The SMILES string of the molecule is Cc1ccc2c(n1)[se]c1c(-c3cc(C(C)C)cc(Oc4cccc(-c5ccccc5)n4)n3)cccc12. The molecule has 176 valence electrons. The zero-order valence-electron chi connectivity index (χ0n) is 20.4. The predicted molar refractivity (Wildman–Crippen MR) is 148 cm³/mol. The molecule has 4 heterocycles. The second-order valence-corrected chi connectivity index (χ2v) is 11.3. The molecule has 36 heavy (non-hydrogen) atoms. The first-order chi connectivity index (χ1) is 17.5. The van der Waals surface area contributed by atoms with Crippen LogP contribution in [0.3, 0.4) is 0 Å². The topological polar surface area (TPSA) is 47.9 Å².